The highest BCUT2D eigenvalue weighted by molar-refractivity contribution is 6.21. The van der Waals surface area contributed by atoms with E-state index in [1.165, 1.54) is 25.1 Å². The van der Waals surface area contributed by atoms with Crippen LogP contribution in [0.3, 0.4) is 0 Å². The molecule has 0 saturated heterocycles. The molecule has 1 aliphatic carbocycles. The molecule has 1 heterocycles. The SMILES string of the molecule is C[C@H]1C(=O)NC2=CC(=O)C=C(C2=O)[C@@H](Nc2ccccc2C(=O)O)C/C=C/C=C/[C@H]1O. The van der Waals surface area contributed by atoms with Crippen molar-refractivity contribution in [2.45, 2.75) is 25.5 Å². The molecule has 2 bridgehead atoms. The minimum atomic E-state index is -1.14. The number of carbonyl (C=O) groups excluding carboxylic acids is 3. The monoisotopic (exact) mass is 422 g/mol. The van der Waals surface area contributed by atoms with E-state index in [0.717, 1.165) is 6.08 Å². The van der Waals surface area contributed by atoms with Crippen LogP contribution in [0.2, 0.25) is 0 Å². The van der Waals surface area contributed by atoms with Crippen LogP contribution in [-0.4, -0.2) is 45.8 Å². The highest BCUT2D eigenvalue weighted by Crippen LogP contribution is 2.24. The predicted octanol–water partition coefficient (Wildman–Crippen LogP) is 1.76. The Morgan fingerprint density at radius 1 is 1.13 bits per heavy atom. The van der Waals surface area contributed by atoms with Gasteiger partial charge in [0.15, 0.2) is 5.78 Å². The number of aliphatic hydroxyl groups is 1. The fraction of sp³-hybridized carbons (Fsp3) is 0.217. The summed E-state index contributed by atoms with van der Waals surface area (Å²) in [4.78, 5) is 49.3. The van der Waals surface area contributed by atoms with E-state index in [2.05, 4.69) is 10.6 Å². The minimum Gasteiger partial charge on any atom is -0.478 e. The lowest BCUT2D eigenvalue weighted by Crippen LogP contribution is -2.40. The van der Waals surface area contributed by atoms with Gasteiger partial charge in [0, 0.05) is 17.3 Å². The first-order valence-electron chi connectivity index (χ1n) is 9.71. The molecule has 0 aromatic heterocycles. The van der Waals surface area contributed by atoms with Gasteiger partial charge in [0.2, 0.25) is 11.7 Å². The van der Waals surface area contributed by atoms with E-state index in [1.54, 1.807) is 36.4 Å². The molecule has 1 aliphatic heterocycles. The van der Waals surface area contributed by atoms with Gasteiger partial charge in [-0.2, -0.15) is 0 Å². The van der Waals surface area contributed by atoms with Crippen molar-refractivity contribution in [3.63, 3.8) is 0 Å². The average molecular weight is 422 g/mol. The van der Waals surface area contributed by atoms with E-state index in [-0.39, 0.29) is 23.3 Å². The van der Waals surface area contributed by atoms with Crippen molar-refractivity contribution in [1.29, 1.82) is 0 Å². The molecule has 2 aliphatic rings. The zero-order valence-electron chi connectivity index (χ0n) is 16.7. The second kappa shape index (κ2) is 9.36. The predicted molar refractivity (Wildman–Crippen MR) is 113 cm³/mol. The Morgan fingerprint density at radius 2 is 1.87 bits per heavy atom. The van der Waals surface area contributed by atoms with E-state index >= 15 is 0 Å². The number of aliphatic hydroxyl groups excluding tert-OH is 1. The normalized spacial score (nSPS) is 26.3. The van der Waals surface area contributed by atoms with Crippen LogP contribution in [0, 0.1) is 5.92 Å². The van der Waals surface area contributed by atoms with Crippen LogP contribution in [0.25, 0.3) is 0 Å². The first-order valence-corrected chi connectivity index (χ1v) is 9.71. The van der Waals surface area contributed by atoms with Crippen molar-refractivity contribution in [2.24, 2.45) is 5.92 Å². The number of carboxylic acid groups (broad SMARTS) is 1. The van der Waals surface area contributed by atoms with Crippen LogP contribution in [0.15, 0.2) is 72.0 Å². The van der Waals surface area contributed by atoms with Crippen LogP contribution in [0.4, 0.5) is 5.69 Å². The summed E-state index contributed by atoms with van der Waals surface area (Å²) in [6, 6.07) is 5.51. The van der Waals surface area contributed by atoms with Gasteiger partial charge in [-0.3, -0.25) is 14.4 Å². The van der Waals surface area contributed by atoms with Gasteiger partial charge in [-0.05, 0) is 24.6 Å². The van der Waals surface area contributed by atoms with Crippen LogP contribution >= 0.6 is 0 Å². The number of carbonyl (C=O) groups is 4. The molecule has 1 amide bonds. The summed E-state index contributed by atoms with van der Waals surface area (Å²) in [5, 5.41) is 25.1. The minimum absolute atomic E-state index is 0.0190. The first kappa shape index (κ1) is 21.9. The third-order valence-corrected chi connectivity index (χ3v) is 5.06. The maximum atomic E-state index is 13.1. The second-order valence-electron chi connectivity index (χ2n) is 7.25. The van der Waals surface area contributed by atoms with Crippen molar-refractivity contribution in [3.8, 4) is 0 Å². The molecule has 160 valence electrons. The summed E-state index contributed by atoms with van der Waals surface area (Å²) >= 11 is 0. The van der Waals surface area contributed by atoms with Gasteiger partial charge in [-0.25, -0.2) is 4.79 Å². The fourth-order valence-electron chi connectivity index (χ4n) is 3.26. The highest BCUT2D eigenvalue weighted by Gasteiger charge is 2.31. The molecule has 1 aromatic carbocycles. The summed E-state index contributed by atoms with van der Waals surface area (Å²) in [6.07, 6.45) is 7.79. The van der Waals surface area contributed by atoms with Crippen LogP contribution in [-0.2, 0) is 14.4 Å². The van der Waals surface area contributed by atoms with Crippen molar-refractivity contribution in [2.75, 3.05) is 5.32 Å². The van der Waals surface area contributed by atoms with Gasteiger partial charge in [-0.15, -0.1) is 0 Å². The summed E-state index contributed by atoms with van der Waals surface area (Å²) in [5.41, 5.74) is 0.227. The van der Waals surface area contributed by atoms with Gasteiger partial charge in [-0.1, -0.05) is 43.4 Å². The maximum absolute atomic E-state index is 13.1. The molecule has 0 spiro atoms. The van der Waals surface area contributed by atoms with Crippen LogP contribution in [0.1, 0.15) is 23.7 Å². The third-order valence-electron chi connectivity index (χ3n) is 5.06. The average Bonchev–Trinajstić information content (AvgIpc) is 2.74. The van der Waals surface area contributed by atoms with E-state index in [1.807, 2.05) is 0 Å². The first-order chi connectivity index (χ1) is 14.8. The second-order valence-corrected chi connectivity index (χ2v) is 7.25. The molecule has 0 fully saturated rings. The number of allylic oxidation sites excluding steroid dienone is 5. The number of fused-ring (bicyclic) bond motifs is 2. The zero-order valence-corrected chi connectivity index (χ0v) is 16.7. The van der Waals surface area contributed by atoms with Gasteiger partial charge in [0.05, 0.1) is 29.3 Å². The summed E-state index contributed by atoms with van der Waals surface area (Å²) < 4.78 is 0. The number of carboxylic acids is 1. The number of hydrogen-bond donors (Lipinski definition) is 4. The number of hydrogen-bond acceptors (Lipinski definition) is 6. The van der Waals surface area contributed by atoms with E-state index < -0.39 is 41.5 Å². The Bertz CT molecular complexity index is 1050. The Balaban J connectivity index is 2.01. The fourth-order valence-corrected chi connectivity index (χ4v) is 3.26. The lowest BCUT2D eigenvalue weighted by molar-refractivity contribution is -0.127. The number of amides is 1. The Kier molecular flexibility index (Phi) is 6.61. The number of ketones is 2. The largest absolute Gasteiger partial charge is 0.478 e. The summed E-state index contributed by atoms with van der Waals surface area (Å²) in [5.74, 6) is -3.62. The number of Topliss-reactive ketones (excluding diaryl/α,β-unsaturated/α-hetero) is 1. The van der Waals surface area contributed by atoms with E-state index in [0.29, 0.717) is 5.69 Å². The van der Waals surface area contributed by atoms with Crippen molar-refractivity contribution >= 4 is 29.1 Å². The molecule has 3 atom stereocenters. The Hall–Kier alpha value is -3.78. The lowest BCUT2D eigenvalue weighted by Gasteiger charge is -2.25. The van der Waals surface area contributed by atoms with Crippen molar-refractivity contribution in [1.82, 2.24) is 5.32 Å². The summed E-state index contributed by atoms with van der Waals surface area (Å²) in [6.45, 7) is 1.51. The Labute approximate surface area is 178 Å². The van der Waals surface area contributed by atoms with Gasteiger partial charge >= 0.3 is 5.97 Å². The molecule has 0 saturated carbocycles. The quantitative estimate of drug-likeness (QED) is 0.546. The van der Waals surface area contributed by atoms with E-state index in [4.69, 9.17) is 0 Å². The van der Waals surface area contributed by atoms with Crippen molar-refractivity contribution in [3.05, 3.63) is 77.6 Å². The molecule has 31 heavy (non-hydrogen) atoms. The van der Waals surface area contributed by atoms with Gasteiger partial charge in [0.25, 0.3) is 0 Å². The number of aromatic carboxylic acids is 1. The topological polar surface area (TPSA) is 133 Å². The number of para-hydroxylation sites is 1. The Morgan fingerprint density at radius 3 is 2.61 bits per heavy atom. The lowest BCUT2D eigenvalue weighted by atomic mass is 9.91. The molecule has 8 heteroatoms. The number of rotatable bonds is 3. The molecular weight excluding hydrogens is 400 g/mol. The molecule has 4 N–H and O–H groups in total. The molecule has 3 rings (SSSR count). The summed E-state index contributed by atoms with van der Waals surface area (Å²) in [7, 11) is 0. The van der Waals surface area contributed by atoms with Crippen LogP contribution in [0.5, 0.6) is 0 Å². The molecule has 1 aromatic rings. The molecular formula is C23H22N2O6. The number of anilines is 1. The third kappa shape index (κ3) is 5.04. The van der Waals surface area contributed by atoms with Gasteiger partial charge < -0.3 is 20.8 Å². The smallest absolute Gasteiger partial charge is 0.337 e. The molecule has 0 radical (unpaired) electrons. The van der Waals surface area contributed by atoms with Crippen LogP contribution < -0.4 is 10.6 Å². The molecule has 8 nitrogen and oxygen atoms in total. The highest BCUT2D eigenvalue weighted by atomic mass is 16.4. The standard InChI is InChI=1S/C23H22N2O6/c1-13-20(27)10-4-2-3-8-18(24-17-9-6-5-7-15(17)23(30)31)16-11-14(26)12-19(21(16)28)25-22(13)29/h2-7,9-13,18,20,24,27H,8H2,1H3,(H,25,29)(H,30,31)/b3-2+,10-4+/t13-,18+,20-/m1/s1. The van der Waals surface area contributed by atoms with E-state index in [9.17, 15) is 29.4 Å². The zero-order chi connectivity index (χ0) is 22.5. The van der Waals surface area contributed by atoms with Crippen molar-refractivity contribution < 1.29 is 29.4 Å². The molecule has 0 unspecified atom stereocenters. The number of nitrogens with one attached hydrogen (secondary N) is 2. The van der Waals surface area contributed by atoms with Gasteiger partial charge in [0.1, 0.15) is 0 Å². The number of benzene rings is 1. The maximum Gasteiger partial charge on any atom is 0.337 e.